The Balaban J connectivity index is 1.61. The van der Waals surface area contributed by atoms with Crippen LogP contribution in [0.15, 0.2) is 70.5 Å². The van der Waals surface area contributed by atoms with Gasteiger partial charge in [0.1, 0.15) is 11.5 Å². The first-order valence-corrected chi connectivity index (χ1v) is 10.9. The van der Waals surface area contributed by atoms with Gasteiger partial charge >= 0.3 is 0 Å². The summed E-state index contributed by atoms with van der Waals surface area (Å²) in [6.45, 7) is 2.60. The second kappa shape index (κ2) is 7.28. The highest BCUT2D eigenvalue weighted by Gasteiger charge is 2.41. The number of hydrogen-bond donors (Lipinski definition) is 1. The molecule has 1 N–H and O–H groups in total. The van der Waals surface area contributed by atoms with Crippen LogP contribution in [0, 0.1) is 0 Å². The molecule has 3 aromatic rings. The highest BCUT2D eigenvalue weighted by atomic mass is 79.9. The average molecular weight is 455 g/mol. The molecule has 0 spiro atoms. The van der Waals surface area contributed by atoms with Crippen LogP contribution in [0.4, 0.5) is 0 Å². The van der Waals surface area contributed by atoms with Crippen LogP contribution in [-0.4, -0.2) is 11.6 Å². The predicted octanol–water partition coefficient (Wildman–Crippen LogP) is 5.90. The fourth-order valence-electron chi connectivity index (χ4n) is 3.72. The quantitative estimate of drug-likeness (QED) is 0.531. The maximum Gasteiger partial charge on any atom is 0.199 e. The van der Waals surface area contributed by atoms with Gasteiger partial charge < -0.3 is 14.9 Å². The van der Waals surface area contributed by atoms with Crippen LogP contribution >= 0.6 is 27.3 Å². The molecule has 0 fully saturated rings. The summed E-state index contributed by atoms with van der Waals surface area (Å²) in [5, 5.41) is 4.26. The van der Waals surface area contributed by atoms with E-state index in [1.165, 1.54) is 4.88 Å². The molecule has 2 aromatic carbocycles. The zero-order valence-electron chi connectivity index (χ0n) is 15.3. The van der Waals surface area contributed by atoms with E-state index in [2.05, 4.69) is 68.2 Å². The Morgan fingerprint density at radius 3 is 2.86 bits per heavy atom. The number of rotatable bonds is 4. The van der Waals surface area contributed by atoms with E-state index < -0.39 is 0 Å². The van der Waals surface area contributed by atoms with Crippen molar-refractivity contribution in [1.29, 1.82) is 0 Å². The lowest BCUT2D eigenvalue weighted by Gasteiger charge is -2.39. The Morgan fingerprint density at radius 2 is 2.04 bits per heavy atom. The Labute approximate surface area is 176 Å². The van der Waals surface area contributed by atoms with Gasteiger partial charge in [0, 0.05) is 10.0 Å². The lowest BCUT2D eigenvalue weighted by Crippen LogP contribution is -2.43. The Bertz CT molecular complexity index is 1030. The maximum absolute atomic E-state index is 6.47. The van der Waals surface area contributed by atoms with Crippen LogP contribution in [0.3, 0.4) is 0 Å². The number of para-hydroxylation sites is 1. The third kappa shape index (κ3) is 3.02. The molecule has 0 radical (unpaired) electrons. The van der Waals surface area contributed by atoms with Crippen molar-refractivity contribution in [2.45, 2.75) is 19.2 Å². The molecular weight excluding hydrogens is 436 g/mol. The zero-order chi connectivity index (χ0) is 19.1. The van der Waals surface area contributed by atoms with Gasteiger partial charge in [-0.25, -0.2) is 0 Å². The molecule has 2 atom stereocenters. The van der Waals surface area contributed by atoms with Gasteiger partial charge in [0.25, 0.3) is 0 Å². The molecular formula is C22H19BrN2O2S. The largest absolute Gasteiger partial charge is 0.493 e. The first kappa shape index (κ1) is 17.8. The van der Waals surface area contributed by atoms with Gasteiger partial charge in [-0.05, 0) is 48.7 Å². The van der Waals surface area contributed by atoms with Crippen LogP contribution in [0.25, 0.3) is 5.70 Å². The summed E-state index contributed by atoms with van der Waals surface area (Å²) in [7, 11) is 0. The first-order valence-electron chi connectivity index (χ1n) is 9.23. The van der Waals surface area contributed by atoms with Gasteiger partial charge in [-0.1, -0.05) is 40.2 Å². The molecule has 28 heavy (non-hydrogen) atoms. The minimum absolute atomic E-state index is 0.0838. The predicted molar refractivity (Wildman–Crippen MR) is 115 cm³/mol. The first-order chi connectivity index (χ1) is 13.7. The Morgan fingerprint density at radius 1 is 1.14 bits per heavy atom. The van der Waals surface area contributed by atoms with Crippen molar-refractivity contribution in [3.63, 3.8) is 0 Å². The minimum Gasteiger partial charge on any atom is -0.493 e. The van der Waals surface area contributed by atoms with Crippen molar-refractivity contribution < 1.29 is 9.47 Å². The molecule has 142 valence electrons. The van der Waals surface area contributed by atoms with E-state index in [4.69, 9.17) is 9.47 Å². The highest BCUT2D eigenvalue weighted by molar-refractivity contribution is 9.10. The zero-order valence-corrected chi connectivity index (χ0v) is 17.7. The monoisotopic (exact) mass is 454 g/mol. The second-order valence-electron chi connectivity index (χ2n) is 6.64. The van der Waals surface area contributed by atoms with Gasteiger partial charge in [-0.15, -0.1) is 11.3 Å². The number of hydrazine groups is 1. The number of ether oxygens (including phenoxy) is 2. The third-order valence-corrected chi connectivity index (χ3v) is 6.32. The van der Waals surface area contributed by atoms with Crippen molar-refractivity contribution in [3.05, 3.63) is 86.5 Å². The molecule has 2 aliphatic heterocycles. The molecule has 0 bridgehead atoms. The molecule has 0 aliphatic carbocycles. The number of fused-ring (bicyclic) bond motifs is 3. The minimum atomic E-state index is -0.312. The van der Waals surface area contributed by atoms with Gasteiger partial charge in [-0.3, -0.25) is 0 Å². The van der Waals surface area contributed by atoms with Crippen molar-refractivity contribution in [3.8, 4) is 11.5 Å². The standard InChI is InChI=1S/C22H19BrN2O2S/c1-2-26-19-10-9-14(23)12-16(19)22-25-18(15-6-3-4-7-20(15)27-22)13-17(24-25)21-8-5-11-28-21/h3-13,18,22,24H,2H2,1H3. The summed E-state index contributed by atoms with van der Waals surface area (Å²) in [6.07, 6.45) is 1.96. The van der Waals surface area contributed by atoms with E-state index in [0.29, 0.717) is 6.61 Å². The molecule has 3 heterocycles. The van der Waals surface area contributed by atoms with Crippen LogP contribution in [0.5, 0.6) is 11.5 Å². The molecule has 0 saturated heterocycles. The van der Waals surface area contributed by atoms with Crippen LogP contribution in [-0.2, 0) is 0 Å². The fourth-order valence-corrected chi connectivity index (χ4v) is 4.80. The van der Waals surface area contributed by atoms with Crippen molar-refractivity contribution in [1.82, 2.24) is 10.4 Å². The molecule has 0 amide bonds. The van der Waals surface area contributed by atoms with Crippen molar-refractivity contribution >= 4 is 33.0 Å². The van der Waals surface area contributed by atoms with E-state index in [1.807, 2.05) is 31.2 Å². The number of halogens is 1. The molecule has 1 aromatic heterocycles. The van der Waals surface area contributed by atoms with E-state index in [9.17, 15) is 0 Å². The molecule has 2 aliphatic rings. The third-order valence-electron chi connectivity index (χ3n) is 4.93. The second-order valence-corrected chi connectivity index (χ2v) is 8.51. The van der Waals surface area contributed by atoms with E-state index in [1.54, 1.807) is 11.3 Å². The molecule has 0 saturated carbocycles. The van der Waals surface area contributed by atoms with Gasteiger partial charge in [-0.2, -0.15) is 5.01 Å². The van der Waals surface area contributed by atoms with Gasteiger partial charge in [0.05, 0.1) is 28.8 Å². The highest BCUT2D eigenvalue weighted by Crippen LogP contribution is 2.47. The summed E-state index contributed by atoms with van der Waals surface area (Å²) in [4.78, 5) is 1.21. The van der Waals surface area contributed by atoms with Gasteiger partial charge in [0.15, 0.2) is 6.23 Å². The number of benzene rings is 2. The van der Waals surface area contributed by atoms with E-state index in [0.717, 1.165) is 32.8 Å². The number of nitrogens with zero attached hydrogens (tertiary/aromatic N) is 1. The Hall–Kier alpha value is -2.28. The normalized spacial score (nSPS) is 20.6. The molecule has 6 heteroatoms. The maximum atomic E-state index is 6.47. The van der Waals surface area contributed by atoms with E-state index in [-0.39, 0.29) is 12.3 Å². The number of hydrogen-bond acceptors (Lipinski definition) is 5. The van der Waals surface area contributed by atoms with Gasteiger partial charge in [0.2, 0.25) is 0 Å². The van der Waals surface area contributed by atoms with Crippen LogP contribution in [0.2, 0.25) is 0 Å². The van der Waals surface area contributed by atoms with E-state index >= 15 is 0 Å². The molecule has 2 unspecified atom stereocenters. The topological polar surface area (TPSA) is 33.7 Å². The Kier molecular flexibility index (Phi) is 4.62. The summed E-state index contributed by atoms with van der Waals surface area (Å²) in [5.74, 6) is 1.74. The summed E-state index contributed by atoms with van der Waals surface area (Å²) in [5.41, 5.74) is 6.84. The molecule has 5 rings (SSSR count). The lowest BCUT2D eigenvalue weighted by molar-refractivity contribution is -0.0340. The fraction of sp³-hybridized carbons (Fsp3) is 0.182. The van der Waals surface area contributed by atoms with Crippen LogP contribution < -0.4 is 14.9 Å². The SMILES string of the molecule is CCOc1ccc(Br)cc1C1Oc2ccccc2C2C=C(c3cccs3)NN21. The average Bonchev–Trinajstić information content (AvgIpc) is 3.39. The number of thiophene rings is 1. The van der Waals surface area contributed by atoms with Crippen LogP contribution in [0.1, 0.15) is 35.2 Å². The summed E-state index contributed by atoms with van der Waals surface area (Å²) in [6, 6.07) is 18.6. The van der Waals surface area contributed by atoms with Crippen molar-refractivity contribution in [2.75, 3.05) is 6.61 Å². The van der Waals surface area contributed by atoms with Crippen molar-refractivity contribution in [2.24, 2.45) is 0 Å². The summed E-state index contributed by atoms with van der Waals surface area (Å²) >= 11 is 5.33. The number of nitrogens with one attached hydrogen (secondary N) is 1. The smallest absolute Gasteiger partial charge is 0.199 e. The lowest BCUT2D eigenvalue weighted by atomic mass is 10.0. The molecule has 4 nitrogen and oxygen atoms in total. The summed E-state index contributed by atoms with van der Waals surface area (Å²) < 4.78 is 13.4.